The van der Waals surface area contributed by atoms with E-state index in [4.69, 9.17) is 4.74 Å². The molecule has 3 N–H and O–H groups in total. The summed E-state index contributed by atoms with van der Waals surface area (Å²) in [6.07, 6.45) is 6.01. The Labute approximate surface area is 190 Å². The van der Waals surface area contributed by atoms with E-state index in [0.29, 0.717) is 19.0 Å². The van der Waals surface area contributed by atoms with Crippen LogP contribution in [0.25, 0.3) is 0 Å². The largest absolute Gasteiger partial charge is 0.382 e. The maximum atomic E-state index is 13.6. The number of hydrogen-bond donors (Lipinski definition) is 3. The number of benzene rings is 1. The van der Waals surface area contributed by atoms with Crippen LogP contribution in [0.5, 0.6) is 0 Å². The fourth-order valence-electron chi connectivity index (χ4n) is 3.66. The number of ether oxygens (including phenoxy) is 1. The number of carbonyl (C=O) groups is 1. The summed E-state index contributed by atoms with van der Waals surface area (Å²) in [5, 5.41) is 9.33. The number of amides is 1. The molecule has 8 heteroatoms. The molecule has 2 rings (SSSR count). The molecule has 0 spiro atoms. The molecule has 1 amide bonds. The molecule has 1 aromatic rings. The van der Waals surface area contributed by atoms with Gasteiger partial charge in [-0.05, 0) is 43.7 Å². The second-order valence-electron chi connectivity index (χ2n) is 7.24. The molecule has 164 valence electrons. The van der Waals surface area contributed by atoms with Gasteiger partial charge in [0.1, 0.15) is 5.82 Å². The van der Waals surface area contributed by atoms with Crippen molar-refractivity contribution in [3.05, 3.63) is 35.6 Å². The van der Waals surface area contributed by atoms with Crippen LogP contribution in [0.1, 0.15) is 49.4 Å². The molecule has 0 unspecified atom stereocenters. The lowest BCUT2D eigenvalue weighted by Crippen LogP contribution is -2.45. The number of nitrogens with zero attached hydrogens (tertiary/aromatic N) is 1. The van der Waals surface area contributed by atoms with E-state index in [-0.39, 0.29) is 35.0 Å². The van der Waals surface area contributed by atoms with E-state index >= 15 is 0 Å². The maximum Gasteiger partial charge on any atom is 0.254 e. The average Bonchev–Trinajstić information content (AvgIpc) is 3.17. The van der Waals surface area contributed by atoms with Gasteiger partial charge < -0.3 is 20.7 Å². The number of carbonyl (C=O) groups excluding carboxylic acids is 1. The highest BCUT2D eigenvalue weighted by molar-refractivity contribution is 14.0. The zero-order valence-electron chi connectivity index (χ0n) is 17.4. The molecule has 0 aliphatic heterocycles. The maximum absolute atomic E-state index is 13.6. The van der Waals surface area contributed by atoms with Crippen LogP contribution in [-0.4, -0.2) is 51.8 Å². The van der Waals surface area contributed by atoms with E-state index in [0.717, 1.165) is 26.2 Å². The van der Waals surface area contributed by atoms with Crippen LogP contribution < -0.4 is 16.0 Å². The smallest absolute Gasteiger partial charge is 0.254 e. The first-order chi connectivity index (χ1) is 13.6. The number of rotatable bonds is 10. The van der Waals surface area contributed by atoms with E-state index in [9.17, 15) is 9.18 Å². The first-order valence-corrected chi connectivity index (χ1v) is 10.2. The predicted octanol–water partition coefficient (Wildman–Crippen LogP) is 3.33. The molecule has 29 heavy (non-hydrogen) atoms. The summed E-state index contributed by atoms with van der Waals surface area (Å²) in [4.78, 5) is 16.3. The summed E-state index contributed by atoms with van der Waals surface area (Å²) in [5.41, 5.74) is 0.328. The van der Waals surface area contributed by atoms with Gasteiger partial charge in [0.25, 0.3) is 5.91 Å². The second kappa shape index (κ2) is 13.7. The van der Waals surface area contributed by atoms with E-state index in [1.807, 2.05) is 6.92 Å². The van der Waals surface area contributed by atoms with Crippen LogP contribution >= 0.6 is 24.0 Å². The van der Waals surface area contributed by atoms with Crippen LogP contribution in [0.2, 0.25) is 0 Å². The van der Waals surface area contributed by atoms with Crippen LogP contribution in [-0.2, 0) is 4.74 Å². The SMILES string of the molecule is CCOCCC1(CNC(=NC)NCCNC(=O)c2ccccc2F)CCCC1.I. The topological polar surface area (TPSA) is 74.8 Å². The summed E-state index contributed by atoms with van der Waals surface area (Å²) in [5.74, 6) is -0.217. The Hall–Kier alpha value is -1.42. The van der Waals surface area contributed by atoms with E-state index in [1.165, 1.54) is 37.8 Å². The van der Waals surface area contributed by atoms with Gasteiger partial charge in [0.15, 0.2) is 5.96 Å². The van der Waals surface area contributed by atoms with Gasteiger partial charge in [0.2, 0.25) is 0 Å². The fourth-order valence-corrected chi connectivity index (χ4v) is 3.66. The molecule has 0 bridgehead atoms. The number of aliphatic imine (C=N–C) groups is 1. The molecule has 1 saturated carbocycles. The molecule has 1 aliphatic rings. The summed E-state index contributed by atoms with van der Waals surface area (Å²) < 4.78 is 19.2. The van der Waals surface area contributed by atoms with Gasteiger partial charge in [0.05, 0.1) is 5.56 Å². The Morgan fingerprint density at radius 3 is 2.52 bits per heavy atom. The van der Waals surface area contributed by atoms with Crippen molar-refractivity contribution in [3.63, 3.8) is 0 Å². The summed E-state index contributed by atoms with van der Waals surface area (Å²) in [7, 11) is 1.73. The Kier molecular flexibility index (Phi) is 12.1. The molecule has 0 aromatic heterocycles. The summed E-state index contributed by atoms with van der Waals surface area (Å²) in [6, 6.07) is 5.96. The normalized spacial score (nSPS) is 15.5. The Morgan fingerprint density at radius 2 is 1.86 bits per heavy atom. The molecule has 0 radical (unpaired) electrons. The molecule has 0 heterocycles. The first-order valence-electron chi connectivity index (χ1n) is 10.2. The zero-order chi connectivity index (χ0) is 20.2. The molecule has 1 fully saturated rings. The molecular formula is C21H34FIN4O2. The number of nitrogens with one attached hydrogen (secondary N) is 3. The van der Waals surface area contributed by atoms with Gasteiger partial charge in [-0.3, -0.25) is 9.79 Å². The Morgan fingerprint density at radius 1 is 1.17 bits per heavy atom. The number of hydrogen-bond acceptors (Lipinski definition) is 3. The van der Waals surface area contributed by atoms with Crippen molar-refractivity contribution >= 4 is 35.8 Å². The quantitative estimate of drug-likeness (QED) is 0.192. The summed E-state index contributed by atoms with van der Waals surface area (Å²) >= 11 is 0. The van der Waals surface area contributed by atoms with Crippen molar-refractivity contribution in [3.8, 4) is 0 Å². The van der Waals surface area contributed by atoms with Gasteiger partial charge in [-0.2, -0.15) is 0 Å². The molecule has 1 aromatic carbocycles. The number of guanidine groups is 1. The molecule has 0 atom stereocenters. The Bertz CT molecular complexity index is 651. The molecule has 0 saturated heterocycles. The van der Waals surface area contributed by atoms with Crippen LogP contribution in [0, 0.1) is 11.2 Å². The average molecular weight is 520 g/mol. The van der Waals surface area contributed by atoms with Crippen molar-refractivity contribution in [2.75, 3.05) is 39.9 Å². The van der Waals surface area contributed by atoms with Crippen LogP contribution in [0.4, 0.5) is 4.39 Å². The lowest BCUT2D eigenvalue weighted by atomic mass is 9.83. The first kappa shape index (κ1) is 25.6. The van der Waals surface area contributed by atoms with Crippen LogP contribution in [0.15, 0.2) is 29.3 Å². The fraction of sp³-hybridized carbons (Fsp3) is 0.619. The highest BCUT2D eigenvalue weighted by atomic mass is 127. The van der Waals surface area contributed by atoms with Gasteiger partial charge in [0, 0.05) is 39.9 Å². The molecule has 1 aliphatic carbocycles. The molecular weight excluding hydrogens is 486 g/mol. The Balaban J connectivity index is 0.00000420. The van der Waals surface area contributed by atoms with Gasteiger partial charge in [-0.15, -0.1) is 24.0 Å². The number of halogens is 2. The van der Waals surface area contributed by atoms with Crippen molar-refractivity contribution in [1.29, 1.82) is 0 Å². The third kappa shape index (κ3) is 8.46. The highest BCUT2D eigenvalue weighted by Gasteiger charge is 2.33. The predicted molar refractivity (Wildman–Crippen MR) is 126 cm³/mol. The van der Waals surface area contributed by atoms with E-state index < -0.39 is 11.7 Å². The minimum Gasteiger partial charge on any atom is -0.382 e. The molecule has 6 nitrogen and oxygen atoms in total. The van der Waals surface area contributed by atoms with Crippen molar-refractivity contribution < 1.29 is 13.9 Å². The third-order valence-electron chi connectivity index (χ3n) is 5.32. The minimum absolute atomic E-state index is 0. The zero-order valence-corrected chi connectivity index (χ0v) is 19.8. The van der Waals surface area contributed by atoms with Crippen molar-refractivity contribution in [2.45, 2.75) is 39.0 Å². The van der Waals surface area contributed by atoms with E-state index in [1.54, 1.807) is 19.2 Å². The monoisotopic (exact) mass is 520 g/mol. The standard InChI is InChI=1S/C21H33FN4O2.HI/c1-3-28-15-12-21(10-6-7-11-21)16-26-20(23-2)25-14-13-24-19(27)17-8-4-5-9-18(17)22;/h4-5,8-9H,3,6-7,10-16H2,1-2H3,(H,24,27)(H2,23,25,26);1H. The lowest BCUT2D eigenvalue weighted by Gasteiger charge is -2.30. The van der Waals surface area contributed by atoms with Crippen molar-refractivity contribution in [2.24, 2.45) is 10.4 Å². The minimum atomic E-state index is -0.514. The van der Waals surface area contributed by atoms with Crippen LogP contribution in [0.3, 0.4) is 0 Å². The second-order valence-corrected chi connectivity index (χ2v) is 7.24. The highest BCUT2D eigenvalue weighted by Crippen LogP contribution is 2.40. The van der Waals surface area contributed by atoms with Crippen molar-refractivity contribution in [1.82, 2.24) is 16.0 Å². The van der Waals surface area contributed by atoms with Gasteiger partial charge in [-0.25, -0.2) is 4.39 Å². The third-order valence-corrected chi connectivity index (χ3v) is 5.32. The van der Waals surface area contributed by atoms with E-state index in [2.05, 4.69) is 20.9 Å². The lowest BCUT2D eigenvalue weighted by molar-refractivity contribution is 0.0950. The summed E-state index contributed by atoms with van der Waals surface area (Å²) in [6.45, 7) is 5.32. The van der Waals surface area contributed by atoms with Gasteiger partial charge in [-0.1, -0.05) is 25.0 Å². The van der Waals surface area contributed by atoms with Gasteiger partial charge >= 0.3 is 0 Å².